The van der Waals surface area contributed by atoms with Gasteiger partial charge in [0.2, 0.25) is 0 Å². The largest absolute Gasteiger partial charge is 0.462 e. The van der Waals surface area contributed by atoms with Crippen molar-refractivity contribution < 1.29 is 9.53 Å². The highest BCUT2D eigenvalue weighted by atomic mass is 16.6. The summed E-state index contributed by atoms with van der Waals surface area (Å²) in [6.07, 6.45) is 3.84. The SMILES string of the molecule is CCC1(CC)C[C@H](CCN2CC3CN(c4ccccc4C(C)C)CC3C2)OC1=O. The molecule has 3 fully saturated rings. The number of carbonyl (C=O) groups is 1. The van der Waals surface area contributed by atoms with E-state index in [0.717, 1.165) is 44.1 Å². The third-order valence-corrected chi connectivity index (χ3v) is 7.91. The fourth-order valence-corrected chi connectivity index (χ4v) is 5.89. The molecule has 0 aromatic heterocycles. The van der Waals surface area contributed by atoms with E-state index >= 15 is 0 Å². The quantitative estimate of drug-likeness (QED) is 0.624. The summed E-state index contributed by atoms with van der Waals surface area (Å²) in [4.78, 5) is 17.6. The van der Waals surface area contributed by atoms with Crippen LogP contribution in [0.5, 0.6) is 0 Å². The van der Waals surface area contributed by atoms with Crippen molar-refractivity contribution in [3.63, 3.8) is 0 Å². The Morgan fingerprint density at radius 2 is 1.72 bits per heavy atom. The van der Waals surface area contributed by atoms with Crippen molar-refractivity contribution in [3.05, 3.63) is 29.8 Å². The number of hydrogen-bond donors (Lipinski definition) is 0. The molecule has 1 aromatic rings. The molecular weight excluding hydrogens is 360 g/mol. The second-order valence-corrected chi connectivity index (χ2v) is 9.91. The zero-order valence-corrected chi connectivity index (χ0v) is 18.7. The van der Waals surface area contributed by atoms with Crippen LogP contribution in [0.25, 0.3) is 0 Å². The molecule has 3 atom stereocenters. The molecule has 0 N–H and O–H groups in total. The van der Waals surface area contributed by atoms with Gasteiger partial charge in [0, 0.05) is 44.8 Å². The molecular formula is C25H38N2O2. The fourth-order valence-electron chi connectivity index (χ4n) is 5.89. The number of fused-ring (bicyclic) bond motifs is 1. The van der Waals surface area contributed by atoms with Crippen molar-refractivity contribution in [3.8, 4) is 0 Å². The van der Waals surface area contributed by atoms with Gasteiger partial charge in [0.25, 0.3) is 0 Å². The van der Waals surface area contributed by atoms with Crippen molar-refractivity contribution in [2.75, 3.05) is 37.6 Å². The van der Waals surface area contributed by atoms with E-state index in [4.69, 9.17) is 4.74 Å². The van der Waals surface area contributed by atoms with Crippen LogP contribution < -0.4 is 4.90 Å². The summed E-state index contributed by atoms with van der Waals surface area (Å²) in [5.74, 6) is 2.15. The third-order valence-electron chi connectivity index (χ3n) is 7.91. The van der Waals surface area contributed by atoms with Crippen molar-refractivity contribution in [2.45, 2.75) is 65.4 Å². The molecule has 3 aliphatic heterocycles. The Hall–Kier alpha value is -1.55. The zero-order chi connectivity index (χ0) is 20.6. The molecule has 0 bridgehead atoms. The van der Waals surface area contributed by atoms with Gasteiger partial charge in [-0.1, -0.05) is 45.9 Å². The predicted octanol–water partition coefficient (Wildman–Crippen LogP) is 4.69. The lowest BCUT2D eigenvalue weighted by Crippen LogP contribution is -2.31. The molecule has 0 aliphatic carbocycles. The number of benzene rings is 1. The van der Waals surface area contributed by atoms with Crippen molar-refractivity contribution in [2.24, 2.45) is 17.3 Å². The van der Waals surface area contributed by atoms with Crippen LogP contribution >= 0.6 is 0 Å². The van der Waals surface area contributed by atoms with E-state index in [1.807, 2.05) is 0 Å². The van der Waals surface area contributed by atoms with E-state index in [-0.39, 0.29) is 17.5 Å². The molecule has 4 nitrogen and oxygen atoms in total. The van der Waals surface area contributed by atoms with Gasteiger partial charge in [0.05, 0.1) is 5.41 Å². The van der Waals surface area contributed by atoms with Gasteiger partial charge in [0.15, 0.2) is 0 Å². The molecule has 0 saturated carbocycles. The van der Waals surface area contributed by atoms with Crippen LogP contribution in [0, 0.1) is 17.3 Å². The topological polar surface area (TPSA) is 32.8 Å². The number of hydrogen-bond acceptors (Lipinski definition) is 4. The summed E-state index contributed by atoms with van der Waals surface area (Å²) >= 11 is 0. The highest BCUT2D eigenvalue weighted by molar-refractivity contribution is 5.78. The molecule has 29 heavy (non-hydrogen) atoms. The highest BCUT2D eigenvalue weighted by Gasteiger charge is 2.46. The van der Waals surface area contributed by atoms with Gasteiger partial charge in [-0.25, -0.2) is 0 Å². The molecule has 1 aromatic carbocycles. The zero-order valence-electron chi connectivity index (χ0n) is 18.7. The number of anilines is 1. The first kappa shape index (κ1) is 20.7. The molecule has 3 heterocycles. The van der Waals surface area contributed by atoms with Gasteiger partial charge in [-0.05, 0) is 48.6 Å². The Balaban J connectivity index is 1.29. The first-order valence-electron chi connectivity index (χ1n) is 11.7. The van der Waals surface area contributed by atoms with Crippen LogP contribution in [0.4, 0.5) is 5.69 Å². The van der Waals surface area contributed by atoms with Gasteiger partial charge >= 0.3 is 5.97 Å². The molecule has 3 saturated heterocycles. The van der Waals surface area contributed by atoms with Gasteiger partial charge in [-0.15, -0.1) is 0 Å². The normalized spacial score (nSPS) is 28.9. The minimum absolute atomic E-state index is 0.0465. The monoisotopic (exact) mass is 398 g/mol. The van der Waals surface area contributed by atoms with E-state index in [2.05, 4.69) is 61.8 Å². The average molecular weight is 399 g/mol. The molecule has 3 aliphatic rings. The van der Waals surface area contributed by atoms with E-state index in [1.165, 1.54) is 37.4 Å². The Labute approximate surface area is 176 Å². The van der Waals surface area contributed by atoms with E-state index < -0.39 is 0 Å². The lowest BCUT2D eigenvalue weighted by Gasteiger charge is -2.26. The number of para-hydroxylation sites is 1. The van der Waals surface area contributed by atoms with Crippen LogP contribution in [0.3, 0.4) is 0 Å². The van der Waals surface area contributed by atoms with Crippen LogP contribution in [-0.4, -0.2) is 49.7 Å². The third kappa shape index (κ3) is 3.93. The summed E-state index contributed by atoms with van der Waals surface area (Å²) in [5.41, 5.74) is 2.70. The van der Waals surface area contributed by atoms with Gasteiger partial charge < -0.3 is 14.5 Å². The maximum atomic E-state index is 12.3. The molecule has 4 heteroatoms. The number of nitrogens with zero attached hydrogens (tertiary/aromatic N) is 2. The highest BCUT2D eigenvalue weighted by Crippen LogP contribution is 2.42. The Morgan fingerprint density at radius 1 is 1.07 bits per heavy atom. The fraction of sp³-hybridized carbons (Fsp3) is 0.720. The van der Waals surface area contributed by atoms with Crippen LogP contribution in [0.1, 0.15) is 64.9 Å². The van der Waals surface area contributed by atoms with Crippen molar-refractivity contribution in [1.82, 2.24) is 4.90 Å². The van der Waals surface area contributed by atoms with Crippen molar-refractivity contribution in [1.29, 1.82) is 0 Å². The first-order chi connectivity index (χ1) is 14.0. The average Bonchev–Trinajstić information content (AvgIpc) is 3.37. The summed E-state index contributed by atoms with van der Waals surface area (Å²) < 4.78 is 5.75. The molecule has 0 spiro atoms. The number of cyclic esters (lactones) is 1. The minimum atomic E-state index is -0.212. The van der Waals surface area contributed by atoms with Gasteiger partial charge in [-0.3, -0.25) is 4.79 Å². The summed E-state index contributed by atoms with van der Waals surface area (Å²) in [7, 11) is 0. The number of esters is 1. The number of ether oxygens (including phenoxy) is 1. The second kappa shape index (κ2) is 8.29. The Bertz CT molecular complexity index is 713. The lowest BCUT2D eigenvalue weighted by atomic mass is 9.79. The Morgan fingerprint density at radius 3 is 2.31 bits per heavy atom. The lowest BCUT2D eigenvalue weighted by molar-refractivity contribution is -0.149. The number of carbonyl (C=O) groups excluding carboxylic acids is 1. The molecule has 0 amide bonds. The number of rotatable bonds is 7. The number of likely N-dealkylation sites (tertiary alicyclic amines) is 1. The van der Waals surface area contributed by atoms with Crippen LogP contribution in [0.15, 0.2) is 24.3 Å². The summed E-state index contributed by atoms with van der Waals surface area (Å²) in [6, 6.07) is 8.93. The molecule has 2 unspecified atom stereocenters. The maximum absolute atomic E-state index is 12.3. The van der Waals surface area contributed by atoms with Crippen molar-refractivity contribution >= 4 is 11.7 Å². The summed E-state index contributed by atoms with van der Waals surface area (Å²) in [6.45, 7) is 14.6. The molecule has 0 radical (unpaired) electrons. The van der Waals surface area contributed by atoms with E-state index in [0.29, 0.717) is 5.92 Å². The van der Waals surface area contributed by atoms with Gasteiger partial charge in [-0.2, -0.15) is 0 Å². The minimum Gasteiger partial charge on any atom is -0.462 e. The van der Waals surface area contributed by atoms with Gasteiger partial charge in [0.1, 0.15) is 6.10 Å². The first-order valence-corrected chi connectivity index (χ1v) is 11.7. The van der Waals surface area contributed by atoms with Crippen LogP contribution in [0.2, 0.25) is 0 Å². The Kier molecular flexibility index (Phi) is 5.92. The smallest absolute Gasteiger partial charge is 0.312 e. The summed E-state index contributed by atoms with van der Waals surface area (Å²) in [5, 5.41) is 0. The molecule has 4 rings (SSSR count). The standard InChI is InChI=1S/C25H38N2O2/c1-5-25(6-2)13-21(29-24(25)28)11-12-26-14-19-16-27(17-20(19)15-26)23-10-8-7-9-22(23)18(3)4/h7-10,18-21H,5-6,11-17H2,1-4H3/t19?,20?,21-/m0/s1. The van der Waals surface area contributed by atoms with E-state index in [1.54, 1.807) is 0 Å². The van der Waals surface area contributed by atoms with Crippen LogP contribution in [-0.2, 0) is 9.53 Å². The maximum Gasteiger partial charge on any atom is 0.312 e. The molecule has 160 valence electrons. The second-order valence-electron chi connectivity index (χ2n) is 9.91. The van der Waals surface area contributed by atoms with E-state index in [9.17, 15) is 4.79 Å². The predicted molar refractivity (Wildman–Crippen MR) is 118 cm³/mol.